The fraction of sp³-hybridized carbons (Fsp3) is 0.167. The van der Waals surface area contributed by atoms with Gasteiger partial charge in [0.1, 0.15) is 6.33 Å². The molecule has 1 saturated heterocycles. The molecule has 2 aromatic carbocycles. The van der Waals surface area contributed by atoms with Gasteiger partial charge in [0.15, 0.2) is 0 Å². The highest BCUT2D eigenvalue weighted by Crippen LogP contribution is 2.20. The first kappa shape index (κ1) is 16.7. The van der Waals surface area contributed by atoms with Crippen molar-refractivity contribution in [3.05, 3.63) is 59.9 Å². The fourth-order valence-corrected chi connectivity index (χ4v) is 2.98. The van der Waals surface area contributed by atoms with Crippen LogP contribution in [-0.4, -0.2) is 45.2 Å². The molecule has 0 bridgehead atoms. The Bertz CT molecular complexity index is 983. The Hall–Kier alpha value is -3.75. The van der Waals surface area contributed by atoms with E-state index >= 15 is 0 Å². The average molecular weight is 363 g/mol. The van der Waals surface area contributed by atoms with Crippen molar-refractivity contribution in [1.29, 1.82) is 0 Å². The number of hydrogen-bond donors (Lipinski definition) is 2. The van der Waals surface area contributed by atoms with Crippen LogP contribution in [0.2, 0.25) is 0 Å². The number of tetrazole rings is 1. The molecule has 0 unspecified atom stereocenters. The number of nitrogens with zero attached hydrogens (tertiary/aromatic N) is 5. The Morgan fingerprint density at radius 3 is 2.63 bits per heavy atom. The van der Waals surface area contributed by atoms with E-state index in [1.165, 1.54) is 6.33 Å². The molecule has 9 nitrogen and oxygen atoms in total. The summed E-state index contributed by atoms with van der Waals surface area (Å²) in [6, 6.07) is 12.3. The van der Waals surface area contributed by atoms with E-state index in [0.717, 1.165) is 16.9 Å². The molecule has 9 heteroatoms. The molecule has 2 N–H and O–H groups in total. The highest BCUT2D eigenvalue weighted by molar-refractivity contribution is 6.05. The largest absolute Gasteiger partial charge is 0.336 e. The van der Waals surface area contributed by atoms with Gasteiger partial charge in [-0.1, -0.05) is 0 Å². The Kier molecular flexibility index (Phi) is 4.25. The smallest absolute Gasteiger partial charge is 0.321 e. The molecule has 0 aliphatic carbocycles. The molecule has 2 heterocycles. The van der Waals surface area contributed by atoms with Crippen LogP contribution in [0.5, 0.6) is 0 Å². The van der Waals surface area contributed by atoms with Crippen LogP contribution in [0.25, 0.3) is 5.69 Å². The number of rotatable bonds is 4. The third kappa shape index (κ3) is 3.34. The summed E-state index contributed by atoms with van der Waals surface area (Å²) < 4.78 is 1.56. The maximum Gasteiger partial charge on any atom is 0.321 e. The standard InChI is InChI=1S/C18H17N7O2/c1-12-10-14(4-7-16(12)25-11-20-22-23-25)21-17(26)13-2-5-15(6-3-13)24-9-8-19-18(24)27/h2-7,10-11H,8-9H2,1H3,(H,19,27)(H,21,26). The van der Waals surface area contributed by atoms with Crippen molar-refractivity contribution in [3.63, 3.8) is 0 Å². The van der Waals surface area contributed by atoms with Crippen LogP contribution < -0.4 is 15.5 Å². The lowest BCUT2D eigenvalue weighted by Gasteiger charge is -2.14. The molecule has 3 amide bonds. The summed E-state index contributed by atoms with van der Waals surface area (Å²) in [6.45, 7) is 3.17. The van der Waals surface area contributed by atoms with Crippen molar-refractivity contribution < 1.29 is 9.59 Å². The summed E-state index contributed by atoms with van der Waals surface area (Å²) >= 11 is 0. The van der Waals surface area contributed by atoms with Crippen LogP contribution in [0.3, 0.4) is 0 Å². The van der Waals surface area contributed by atoms with Crippen molar-refractivity contribution >= 4 is 23.3 Å². The second-order valence-electron chi connectivity index (χ2n) is 6.14. The molecule has 1 aliphatic heterocycles. The van der Waals surface area contributed by atoms with Crippen molar-refractivity contribution in [2.24, 2.45) is 0 Å². The van der Waals surface area contributed by atoms with E-state index in [0.29, 0.717) is 24.3 Å². The lowest BCUT2D eigenvalue weighted by atomic mass is 10.1. The number of carbonyl (C=O) groups excluding carboxylic acids is 2. The van der Waals surface area contributed by atoms with Gasteiger partial charge in [-0.15, -0.1) is 5.10 Å². The molecule has 136 valence electrons. The molecular weight excluding hydrogens is 346 g/mol. The minimum absolute atomic E-state index is 0.120. The number of anilines is 2. The molecule has 4 rings (SSSR count). The quantitative estimate of drug-likeness (QED) is 0.735. The predicted octanol–water partition coefficient (Wildman–Crippen LogP) is 1.75. The molecule has 1 aromatic heterocycles. The summed E-state index contributed by atoms with van der Waals surface area (Å²) in [5.41, 5.74) is 3.72. The monoisotopic (exact) mass is 363 g/mol. The molecule has 0 saturated carbocycles. The summed E-state index contributed by atoms with van der Waals surface area (Å²) in [6.07, 6.45) is 1.52. The van der Waals surface area contributed by atoms with Gasteiger partial charge in [0.05, 0.1) is 5.69 Å². The molecule has 0 radical (unpaired) electrons. The first-order chi connectivity index (χ1) is 13.1. The third-order valence-electron chi connectivity index (χ3n) is 4.35. The third-order valence-corrected chi connectivity index (χ3v) is 4.35. The number of benzene rings is 2. The van der Waals surface area contributed by atoms with E-state index in [-0.39, 0.29) is 11.9 Å². The molecule has 1 aliphatic rings. The fourth-order valence-electron chi connectivity index (χ4n) is 2.98. The average Bonchev–Trinajstić information content (AvgIpc) is 3.34. The second-order valence-corrected chi connectivity index (χ2v) is 6.14. The highest BCUT2D eigenvalue weighted by atomic mass is 16.2. The van der Waals surface area contributed by atoms with E-state index in [1.807, 2.05) is 19.1 Å². The van der Waals surface area contributed by atoms with Crippen LogP contribution in [0, 0.1) is 6.92 Å². The SMILES string of the molecule is Cc1cc(NC(=O)c2ccc(N3CCNC3=O)cc2)ccc1-n1cnnn1. The molecule has 0 spiro atoms. The van der Waals surface area contributed by atoms with E-state index in [4.69, 9.17) is 0 Å². The Labute approximate surface area is 155 Å². The van der Waals surface area contributed by atoms with Crippen molar-refractivity contribution in [2.45, 2.75) is 6.92 Å². The van der Waals surface area contributed by atoms with Crippen LogP contribution in [-0.2, 0) is 0 Å². The zero-order valence-electron chi connectivity index (χ0n) is 14.6. The Morgan fingerprint density at radius 1 is 1.19 bits per heavy atom. The van der Waals surface area contributed by atoms with Crippen LogP contribution in [0.4, 0.5) is 16.2 Å². The van der Waals surface area contributed by atoms with Crippen molar-refractivity contribution in [2.75, 3.05) is 23.3 Å². The number of urea groups is 1. The van der Waals surface area contributed by atoms with E-state index in [1.54, 1.807) is 39.9 Å². The van der Waals surface area contributed by atoms with E-state index in [9.17, 15) is 9.59 Å². The Balaban J connectivity index is 1.47. The van der Waals surface area contributed by atoms with Gasteiger partial charge in [0, 0.05) is 30.0 Å². The number of hydrogen-bond acceptors (Lipinski definition) is 5. The summed E-state index contributed by atoms with van der Waals surface area (Å²) in [5.74, 6) is -0.220. The minimum Gasteiger partial charge on any atom is -0.336 e. The first-order valence-electron chi connectivity index (χ1n) is 8.42. The number of aromatic nitrogens is 4. The van der Waals surface area contributed by atoms with Crippen molar-refractivity contribution in [3.8, 4) is 5.69 Å². The zero-order chi connectivity index (χ0) is 18.8. The molecule has 3 aromatic rings. The Morgan fingerprint density at radius 2 is 2.00 bits per heavy atom. The van der Waals surface area contributed by atoms with Gasteiger partial charge in [0.25, 0.3) is 5.91 Å². The van der Waals surface area contributed by atoms with Gasteiger partial charge < -0.3 is 10.6 Å². The molecular formula is C18H17N7O2. The first-order valence-corrected chi connectivity index (χ1v) is 8.42. The van der Waals surface area contributed by atoms with E-state index in [2.05, 4.69) is 26.2 Å². The summed E-state index contributed by atoms with van der Waals surface area (Å²) in [4.78, 5) is 25.8. The van der Waals surface area contributed by atoms with Gasteiger partial charge >= 0.3 is 6.03 Å². The normalized spacial score (nSPS) is 13.5. The highest BCUT2D eigenvalue weighted by Gasteiger charge is 2.21. The predicted molar refractivity (Wildman–Crippen MR) is 99.0 cm³/mol. The van der Waals surface area contributed by atoms with Gasteiger partial charge in [-0.25, -0.2) is 9.48 Å². The molecule has 27 heavy (non-hydrogen) atoms. The van der Waals surface area contributed by atoms with Gasteiger partial charge in [-0.2, -0.15) is 0 Å². The minimum atomic E-state index is -0.220. The maximum absolute atomic E-state index is 12.5. The molecule has 1 fully saturated rings. The van der Waals surface area contributed by atoms with Crippen molar-refractivity contribution in [1.82, 2.24) is 25.5 Å². The topological polar surface area (TPSA) is 105 Å². The number of amides is 3. The lowest BCUT2D eigenvalue weighted by Crippen LogP contribution is -2.27. The maximum atomic E-state index is 12.5. The van der Waals surface area contributed by atoms with Crippen LogP contribution >= 0.6 is 0 Å². The second kappa shape index (κ2) is 6.87. The van der Waals surface area contributed by atoms with Gasteiger partial charge in [-0.3, -0.25) is 9.69 Å². The summed E-state index contributed by atoms with van der Waals surface area (Å²) in [5, 5.41) is 16.7. The number of carbonyl (C=O) groups is 2. The van der Waals surface area contributed by atoms with Gasteiger partial charge in [0.2, 0.25) is 0 Å². The molecule has 0 atom stereocenters. The number of aryl methyl sites for hydroxylation is 1. The van der Waals surface area contributed by atoms with Crippen LogP contribution in [0.1, 0.15) is 15.9 Å². The number of nitrogens with one attached hydrogen (secondary N) is 2. The van der Waals surface area contributed by atoms with Crippen LogP contribution in [0.15, 0.2) is 48.8 Å². The van der Waals surface area contributed by atoms with E-state index < -0.39 is 0 Å². The lowest BCUT2D eigenvalue weighted by molar-refractivity contribution is 0.102. The summed E-state index contributed by atoms with van der Waals surface area (Å²) in [7, 11) is 0. The van der Waals surface area contributed by atoms with Gasteiger partial charge in [-0.05, 0) is 65.4 Å². The zero-order valence-corrected chi connectivity index (χ0v) is 14.6.